The summed E-state index contributed by atoms with van der Waals surface area (Å²) in [4.78, 5) is 15.5. The van der Waals surface area contributed by atoms with Crippen molar-refractivity contribution in [3.05, 3.63) is 36.3 Å². The molecule has 0 aliphatic heterocycles. The third kappa shape index (κ3) is 2.00. The highest BCUT2D eigenvalue weighted by molar-refractivity contribution is 5.90. The zero-order chi connectivity index (χ0) is 11.5. The molecule has 0 aliphatic carbocycles. The van der Waals surface area contributed by atoms with Crippen LogP contribution in [0.4, 0.5) is 5.82 Å². The molecule has 0 amide bonds. The molecule has 6 nitrogen and oxygen atoms in total. The molecule has 0 saturated carbocycles. The Balaban J connectivity index is 2.18. The monoisotopic (exact) mass is 218 g/mol. The second-order valence-corrected chi connectivity index (χ2v) is 3.16. The quantitative estimate of drug-likeness (QED) is 0.747. The molecule has 0 unspecified atom stereocenters. The van der Waals surface area contributed by atoms with Crippen molar-refractivity contribution >= 4 is 11.8 Å². The zero-order valence-electron chi connectivity index (χ0n) is 8.62. The fraction of sp³-hybridized carbons (Fsp3) is 0.100. The van der Waals surface area contributed by atoms with E-state index < -0.39 is 5.97 Å². The Kier molecular flexibility index (Phi) is 2.55. The molecule has 0 radical (unpaired) electrons. The van der Waals surface area contributed by atoms with Crippen LogP contribution in [0.15, 0.2) is 30.6 Å². The van der Waals surface area contributed by atoms with Gasteiger partial charge in [-0.3, -0.25) is 9.67 Å². The van der Waals surface area contributed by atoms with Crippen molar-refractivity contribution in [2.24, 2.45) is 7.05 Å². The summed E-state index contributed by atoms with van der Waals surface area (Å²) in [6, 6.07) is 4.78. The molecule has 6 heteroatoms. The third-order valence-corrected chi connectivity index (χ3v) is 1.95. The van der Waals surface area contributed by atoms with Gasteiger partial charge in [-0.05, 0) is 12.1 Å². The Morgan fingerprint density at radius 1 is 1.56 bits per heavy atom. The first kappa shape index (κ1) is 10.2. The second-order valence-electron chi connectivity index (χ2n) is 3.16. The van der Waals surface area contributed by atoms with Crippen molar-refractivity contribution in [3.8, 4) is 5.75 Å². The van der Waals surface area contributed by atoms with Gasteiger partial charge in [0.1, 0.15) is 17.3 Å². The maximum absolute atomic E-state index is 11.7. The molecule has 0 saturated heterocycles. The fourth-order valence-corrected chi connectivity index (χ4v) is 1.25. The Hall–Kier alpha value is -2.37. The van der Waals surface area contributed by atoms with Gasteiger partial charge in [0, 0.05) is 19.3 Å². The van der Waals surface area contributed by atoms with Gasteiger partial charge >= 0.3 is 5.97 Å². The first-order chi connectivity index (χ1) is 7.66. The maximum Gasteiger partial charge on any atom is 0.362 e. The average molecular weight is 218 g/mol. The van der Waals surface area contributed by atoms with E-state index in [1.165, 1.54) is 16.9 Å². The van der Waals surface area contributed by atoms with Gasteiger partial charge in [0.25, 0.3) is 0 Å². The van der Waals surface area contributed by atoms with E-state index in [2.05, 4.69) is 10.1 Å². The molecular weight excluding hydrogens is 208 g/mol. The number of aromatic nitrogens is 3. The van der Waals surface area contributed by atoms with E-state index in [9.17, 15) is 4.79 Å². The van der Waals surface area contributed by atoms with Crippen LogP contribution in [-0.2, 0) is 7.05 Å². The molecule has 2 rings (SSSR count). The van der Waals surface area contributed by atoms with Crippen LogP contribution in [0, 0.1) is 0 Å². The number of anilines is 1. The van der Waals surface area contributed by atoms with E-state index in [1.807, 2.05) is 0 Å². The summed E-state index contributed by atoms with van der Waals surface area (Å²) < 4.78 is 6.45. The summed E-state index contributed by atoms with van der Waals surface area (Å²) in [6.45, 7) is 0. The summed E-state index contributed by atoms with van der Waals surface area (Å²) in [7, 11) is 1.62. The van der Waals surface area contributed by atoms with Gasteiger partial charge in [-0.25, -0.2) is 4.79 Å². The Morgan fingerprint density at radius 3 is 2.94 bits per heavy atom. The van der Waals surface area contributed by atoms with Gasteiger partial charge in [-0.1, -0.05) is 0 Å². The van der Waals surface area contributed by atoms with E-state index in [0.717, 1.165) is 0 Å². The second kappa shape index (κ2) is 4.01. The van der Waals surface area contributed by atoms with Crippen molar-refractivity contribution in [2.45, 2.75) is 0 Å². The number of nitrogens with zero attached hydrogens (tertiary/aromatic N) is 3. The van der Waals surface area contributed by atoms with E-state index in [-0.39, 0.29) is 5.82 Å². The number of rotatable bonds is 2. The standard InChI is InChI=1S/C10H10N4O2/c1-14-8(5-9(11)13-14)10(15)16-7-3-2-4-12-6-7/h2-6H,1H3,(H2,11,13). The van der Waals surface area contributed by atoms with E-state index >= 15 is 0 Å². The van der Waals surface area contributed by atoms with Crippen LogP contribution in [0.2, 0.25) is 0 Å². The van der Waals surface area contributed by atoms with Gasteiger partial charge in [-0.15, -0.1) is 0 Å². The number of esters is 1. The molecule has 0 aliphatic rings. The number of nitrogens with two attached hydrogens (primary N) is 1. The van der Waals surface area contributed by atoms with Gasteiger partial charge < -0.3 is 10.5 Å². The van der Waals surface area contributed by atoms with Crippen LogP contribution in [0.5, 0.6) is 5.75 Å². The maximum atomic E-state index is 11.7. The largest absolute Gasteiger partial charge is 0.420 e. The fourth-order valence-electron chi connectivity index (χ4n) is 1.25. The van der Waals surface area contributed by atoms with Gasteiger partial charge in [-0.2, -0.15) is 5.10 Å². The molecule has 0 fully saturated rings. The highest BCUT2D eigenvalue weighted by Crippen LogP contribution is 2.11. The van der Waals surface area contributed by atoms with E-state index in [0.29, 0.717) is 11.4 Å². The Morgan fingerprint density at radius 2 is 2.38 bits per heavy atom. The van der Waals surface area contributed by atoms with Crippen molar-refractivity contribution in [3.63, 3.8) is 0 Å². The molecule has 2 aromatic rings. The Bertz CT molecular complexity index is 507. The van der Waals surface area contributed by atoms with Crippen LogP contribution in [-0.4, -0.2) is 20.7 Å². The predicted molar refractivity (Wildman–Crippen MR) is 56.8 cm³/mol. The van der Waals surface area contributed by atoms with Crippen molar-refractivity contribution in [1.29, 1.82) is 0 Å². The van der Waals surface area contributed by atoms with Crippen molar-refractivity contribution in [2.75, 3.05) is 5.73 Å². The molecular formula is C10H10N4O2. The van der Waals surface area contributed by atoms with Crippen LogP contribution >= 0.6 is 0 Å². The number of nitrogen functional groups attached to an aromatic ring is 1. The molecule has 0 atom stereocenters. The van der Waals surface area contributed by atoms with Gasteiger partial charge in [0.2, 0.25) is 0 Å². The van der Waals surface area contributed by atoms with Crippen molar-refractivity contribution in [1.82, 2.24) is 14.8 Å². The lowest BCUT2D eigenvalue weighted by Crippen LogP contribution is -2.13. The molecule has 0 spiro atoms. The summed E-state index contributed by atoms with van der Waals surface area (Å²) in [5.41, 5.74) is 5.75. The number of aryl methyl sites for hydroxylation is 1. The molecule has 16 heavy (non-hydrogen) atoms. The van der Waals surface area contributed by atoms with Crippen LogP contribution < -0.4 is 10.5 Å². The van der Waals surface area contributed by atoms with Gasteiger partial charge in [0.05, 0.1) is 6.20 Å². The number of carbonyl (C=O) groups excluding carboxylic acids is 1. The molecule has 0 aromatic carbocycles. The number of hydrogen-bond acceptors (Lipinski definition) is 5. The van der Waals surface area contributed by atoms with E-state index in [1.54, 1.807) is 25.4 Å². The van der Waals surface area contributed by atoms with E-state index in [4.69, 9.17) is 10.5 Å². The van der Waals surface area contributed by atoms with Crippen molar-refractivity contribution < 1.29 is 9.53 Å². The number of hydrogen-bond donors (Lipinski definition) is 1. The lowest BCUT2D eigenvalue weighted by atomic mass is 10.4. The van der Waals surface area contributed by atoms with Crippen LogP contribution in [0.25, 0.3) is 0 Å². The number of ether oxygens (including phenoxy) is 1. The molecule has 2 heterocycles. The minimum absolute atomic E-state index is 0.278. The number of pyridine rings is 1. The average Bonchev–Trinajstić information content (AvgIpc) is 2.59. The minimum Gasteiger partial charge on any atom is -0.420 e. The zero-order valence-corrected chi connectivity index (χ0v) is 8.62. The number of carbonyl (C=O) groups is 1. The highest BCUT2D eigenvalue weighted by atomic mass is 16.5. The van der Waals surface area contributed by atoms with Crippen LogP contribution in [0.1, 0.15) is 10.5 Å². The summed E-state index contributed by atoms with van der Waals surface area (Å²) in [5.74, 6) is 0.146. The summed E-state index contributed by atoms with van der Waals surface area (Å²) >= 11 is 0. The molecule has 2 aromatic heterocycles. The molecule has 82 valence electrons. The lowest BCUT2D eigenvalue weighted by molar-refractivity contribution is 0.0722. The van der Waals surface area contributed by atoms with Gasteiger partial charge in [0.15, 0.2) is 0 Å². The normalized spacial score (nSPS) is 10.1. The molecule has 2 N–H and O–H groups in total. The molecule has 0 bridgehead atoms. The predicted octanol–water partition coefficient (Wildman–Crippen LogP) is 0.617. The smallest absolute Gasteiger partial charge is 0.362 e. The van der Waals surface area contributed by atoms with Crippen LogP contribution in [0.3, 0.4) is 0 Å². The minimum atomic E-state index is -0.514. The summed E-state index contributed by atoms with van der Waals surface area (Å²) in [6.07, 6.45) is 3.05. The SMILES string of the molecule is Cn1nc(N)cc1C(=O)Oc1cccnc1. The Labute approximate surface area is 91.7 Å². The first-order valence-corrected chi connectivity index (χ1v) is 4.58. The highest BCUT2D eigenvalue weighted by Gasteiger charge is 2.14. The summed E-state index contributed by atoms with van der Waals surface area (Å²) in [5, 5.41) is 3.85. The third-order valence-electron chi connectivity index (χ3n) is 1.95. The lowest BCUT2D eigenvalue weighted by Gasteiger charge is -2.02. The first-order valence-electron chi connectivity index (χ1n) is 4.58. The topological polar surface area (TPSA) is 83.0 Å².